The molecule has 14 heavy (non-hydrogen) atoms. The minimum atomic E-state index is 0.254. The van der Waals surface area contributed by atoms with E-state index < -0.39 is 0 Å². The van der Waals surface area contributed by atoms with Crippen LogP contribution in [0.5, 0.6) is 0 Å². The van der Waals surface area contributed by atoms with Gasteiger partial charge in [-0.15, -0.1) is 0 Å². The van der Waals surface area contributed by atoms with E-state index in [4.69, 9.17) is 4.74 Å². The predicted octanol–water partition coefficient (Wildman–Crippen LogP) is 1.87. The van der Waals surface area contributed by atoms with E-state index in [0.29, 0.717) is 6.10 Å². The fourth-order valence-electron chi connectivity index (χ4n) is 2.57. The molecular weight excluding hydrogens is 176 g/mol. The van der Waals surface area contributed by atoms with Crippen LogP contribution in [0, 0.1) is 13.8 Å². The first-order valence-electron chi connectivity index (χ1n) is 5.23. The van der Waals surface area contributed by atoms with Crippen molar-refractivity contribution in [2.24, 2.45) is 0 Å². The zero-order valence-electron chi connectivity index (χ0n) is 8.58. The summed E-state index contributed by atoms with van der Waals surface area (Å²) in [5.74, 6) is 0.871. The highest BCUT2D eigenvalue weighted by Crippen LogP contribution is 2.40. The Morgan fingerprint density at radius 2 is 2.07 bits per heavy atom. The van der Waals surface area contributed by atoms with Crippen molar-refractivity contribution in [1.82, 2.24) is 9.97 Å². The van der Waals surface area contributed by atoms with Crippen LogP contribution in [0.15, 0.2) is 0 Å². The summed E-state index contributed by atoms with van der Waals surface area (Å²) in [7, 11) is 0. The zero-order valence-corrected chi connectivity index (χ0v) is 8.58. The van der Waals surface area contributed by atoms with Crippen molar-refractivity contribution in [3.8, 4) is 0 Å². The Labute approximate surface area is 83.5 Å². The first-order chi connectivity index (χ1) is 6.74. The second-order valence-electron chi connectivity index (χ2n) is 4.25. The van der Waals surface area contributed by atoms with Crippen molar-refractivity contribution < 1.29 is 4.74 Å². The van der Waals surface area contributed by atoms with Crippen LogP contribution >= 0.6 is 0 Å². The van der Waals surface area contributed by atoms with Gasteiger partial charge in [-0.2, -0.15) is 0 Å². The third-order valence-electron chi connectivity index (χ3n) is 3.20. The van der Waals surface area contributed by atoms with Gasteiger partial charge in [-0.1, -0.05) is 0 Å². The SMILES string of the molecule is Cc1nc(C)c2c(n1)C1CCC(C2)O1. The van der Waals surface area contributed by atoms with Crippen molar-refractivity contribution in [1.29, 1.82) is 0 Å². The van der Waals surface area contributed by atoms with Crippen LogP contribution in [0.4, 0.5) is 0 Å². The number of aryl methyl sites for hydroxylation is 2. The van der Waals surface area contributed by atoms with Crippen molar-refractivity contribution in [2.45, 2.75) is 45.3 Å². The Bertz CT molecular complexity index is 389. The molecule has 0 radical (unpaired) electrons. The monoisotopic (exact) mass is 190 g/mol. The molecule has 0 aliphatic carbocycles. The van der Waals surface area contributed by atoms with Gasteiger partial charge in [0.2, 0.25) is 0 Å². The molecule has 2 aliphatic rings. The van der Waals surface area contributed by atoms with Crippen LogP contribution in [-0.4, -0.2) is 16.1 Å². The van der Waals surface area contributed by atoms with Gasteiger partial charge in [-0.05, 0) is 26.7 Å². The Balaban J connectivity index is 2.18. The average molecular weight is 190 g/mol. The van der Waals surface area contributed by atoms with Crippen LogP contribution in [0.1, 0.15) is 41.7 Å². The van der Waals surface area contributed by atoms with Crippen molar-refractivity contribution in [3.63, 3.8) is 0 Å². The molecule has 3 rings (SSSR count). The van der Waals surface area contributed by atoms with Crippen molar-refractivity contribution in [2.75, 3.05) is 0 Å². The molecule has 1 fully saturated rings. The Morgan fingerprint density at radius 1 is 1.21 bits per heavy atom. The summed E-state index contributed by atoms with van der Waals surface area (Å²) in [6.45, 7) is 4.03. The summed E-state index contributed by atoms with van der Waals surface area (Å²) < 4.78 is 5.84. The maximum Gasteiger partial charge on any atom is 0.125 e. The topological polar surface area (TPSA) is 35.0 Å². The van der Waals surface area contributed by atoms with E-state index in [-0.39, 0.29) is 6.10 Å². The number of hydrogen-bond donors (Lipinski definition) is 0. The van der Waals surface area contributed by atoms with Gasteiger partial charge >= 0.3 is 0 Å². The number of ether oxygens (including phenoxy) is 1. The lowest BCUT2D eigenvalue weighted by Crippen LogP contribution is -2.21. The summed E-state index contributed by atoms with van der Waals surface area (Å²) in [5, 5.41) is 0. The van der Waals surface area contributed by atoms with Gasteiger partial charge in [0.25, 0.3) is 0 Å². The van der Waals surface area contributed by atoms with Crippen LogP contribution in [-0.2, 0) is 11.2 Å². The first kappa shape index (κ1) is 8.36. The molecule has 0 aromatic carbocycles. The lowest BCUT2D eigenvalue weighted by molar-refractivity contribution is 0.0288. The van der Waals surface area contributed by atoms with E-state index >= 15 is 0 Å². The number of aromatic nitrogens is 2. The van der Waals surface area contributed by atoms with Gasteiger partial charge in [0.05, 0.1) is 11.8 Å². The highest BCUT2D eigenvalue weighted by atomic mass is 16.5. The maximum absolute atomic E-state index is 5.84. The summed E-state index contributed by atoms with van der Waals surface area (Å²) in [6.07, 6.45) is 4.01. The van der Waals surface area contributed by atoms with Gasteiger partial charge in [-0.25, -0.2) is 9.97 Å². The summed E-state index contributed by atoms with van der Waals surface area (Å²) in [4.78, 5) is 8.93. The Morgan fingerprint density at radius 3 is 2.93 bits per heavy atom. The molecule has 3 heteroatoms. The van der Waals surface area contributed by atoms with Crippen LogP contribution < -0.4 is 0 Å². The van der Waals surface area contributed by atoms with Crippen LogP contribution in [0.3, 0.4) is 0 Å². The minimum absolute atomic E-state index is 0.254. The lowest BCUT2D eigenvalue weighted by Gasteiger charge is -2.24. The molecule has 1 aromatic rings. The third kappa shape index (κ3) is 1.08. The molecule has 2 unspecified atom stereocenters. The molecule has 0 spiro atoms. The summed E-state index contributed by atoms with van der Waals surface area (Å²) >= 11 is 0. The minimum Gasteiger partial charge on any atom is -0.368 e. The van der Waals surface area contributed by atoms with Crippen molar-refractivity contribution >= 4 is 0 Å². The Kier molecular flexibility index (Phi) is 1.65. The molecule has 2 bridgehead atoms. The van der Waals surface area contributed by atoms with Crippen LogP contribution in [0.25, 0.3) is 0 Å². The molecule has 74 valence electrons. The fraction of sp³-hybridized carbons (Fsp3) is 0.636. The largest absolute Gasteiger partial charge is 0.368 e. The second-order valence-corrected chi connectivity index (χ2v) is 4.25. The third-order valence-corrected chi connectivity index (χ3v) is 3.20. The van der Waals surface area contributed by atoms with Gasteiger partial charge in [0.1, 0.15) is 11.9 Å². The van der Waals surface area contributed by atoms with E-state index in [1.165, 1.54) is 12.0 Å². The van der Waals surface area contributed by atoms with Crippen LogP contribution in [0.2, 0.25) is 0 Å². The maximum atomic E-state index is 5.84. The summed E-state index contributed by atoms with van der Waals surface area (Å²) in [6, 6.07) is 0. The molecule has 0 N–H and O–H groups in total. The van der Waals surface area contributed by atoms with Crippen molar-refractivity contribution in [3.05, 3.63) is 22.8 Å². The van der Waals surface area contributed by atoms with Gasteiger partial charge in [0.15, 0.2) is 0 Å². The Hall–Kier alpha value is -0.960. The highest BCUT2D eigenvalue weighted by molar-refractivity contribution is 5.31. The number of rotatable bonds is 0. The second kappa shape index (κ2) is 2.76. The van der Waals surface area contributed by atoms with E-state index in [1.54, 1.807) is 0 Å². The predicted molar refractivity (Wildman–Crippen MR) is 52.1 cm³/mol. The lowest BCUT2D eigenvalue weighted by atomic mass is 10.0. The first-order valence-corrected chi connectivity index (χ1v) is 5.23. The average Bonchev–Trinajstić information content (AvgIpc) is 2.52. The number of fused-ring (bicyclic) bond motifs is 4. The summed E-state index contributed by atoms with van der Waals surface area (Å²) in [5.41, 5.74) is 3.64. The quantitative estimate of drug-likeness (QED) is 0.626. The van der Waals surface area contributed by atoms with Gasteiger partial charge < -0.3 is 4.74 Å². The van der Waals surface area contributed by atoms with Gasteiger partial charge in [0, 0.05) is 17.7 Å². The van der Waals surface area contributed by atoms with Gasteiger partial charge in [-0.3, -0.25) is 0 Å². The fourth-order valence-corrected chi connectivity index (χ4v) is 2.57. The molecule has 2 aliphatic heterocycles. The molecule has 1 aromatic heterocycles. The number of nitrogens with zero attached hydrogens (tertiary/aromatic N) is 2. The molecular formula is C11H14N2O. The smallest absolute Gasteiger partial charge is 0.125 e. The highest BCUT2D eigenvalue weighted by Gasteiger charge is 2.35. The molecule has 1 saturated heterocycles. The molecule has 0 amide bonds. The van der Waals surface area contributed by atoms with E-state index in [2.05, 4.69) is 16.9 Å². The van der Waals surface area contributed by atoms with E-state index in [0.717, 1.165) is 30.1 Å². The molecule has 3 nitrogen and oxygen atoms in total. The molecule has 2 atom stereocenters. The zero-order chi connectivity index (χ0) is 9.71. The van der Waals surface area contributed by atoms with E-state index in [9.17, 15) is 0 Å². The molecule has 0 saturated carbocycles. The standard InChI is InChI=1S/C11H14N2O/c1-6-9-5-8-3-4-10(14-8)11(9)13-7(2)12-6/h8,10H,3-5H2,1-2H3. The normalized spacial score (nSPS) is 29.0. The number of hydrogen-bond acceptors (Lipinski definition) is 3. The molecule has 3 heterocycles. The van der Waals surface area contributed by atoms with E-state index in [1.807, 2.05) is 6.92 Å².